The highest BCUT2D eigenvalue weighted by atomic mass is 35.5. The Hall–Kier alpha value is -1.42. The highest BCUT2D eigenvalue weighted by Gasteiger charge is 2.14. The molecule has 0 radical (unpaired) electrons. The number of nitroso groups, excluding NO2 is 1. The second-order valence-corrected chi connectivity index (χ2v) is 2.99. The molecule has 1 rings (SSSR count). The molecule has 14 heavy (non-hydrogen) atoms. The van der Waals surface area contributed by atoms with E-state index in [-0.39, 0.29) is 5.75 Å². The Morgan fingerprint density at radius 3 is 2.71 bits per heavy atom. The number of carbonyl (C=O) groups is 1. The summed E-state index contributed by atoms with van der Waals surface area (Å²) in [5.41, 5.74) is -0.648. The number of benzene rings is 1. The highest BCUT2D eigenvalue weighted by molar-refractivity contribution is 6.20. The monoisotopic (exact) mass is 213 g/mol. The van der Waals surface area contributed by atoms with Crippen molar-refractivity contribution in [1.82, 2.24) is 0 Å². The van der Waals surface area contributed by atoms with Gasteiger partial charge in [0.15, 0.2) is 5.50 Å². The molecule has 0 fully saturated rings. The average molecular weight is 214 g/mol. The van der Waals surface area contributed by atoms with Crippen LogP contribution in [-0.2, 0) is 4.79 Å². The fourth-order valence-corrected chi connectivity index (χ4v) is 1.16. The molecule has 74 valence electrons. The third kappa shape index (κ3) is 2.53. The van der Waals surface area contributed by atoms with Crippen LogP contribution in [0.1, 0.15) is 18.0 Å². The summed E-state index contributed by atoms with van der Waals surface area (Å²) < 4.78 is 4.85. The number of hydrogen-bond donors (Lipinski definition) is 0. The van der Waals surface area contributed by atoms with Gasteiger partial charge in [0.1, 0.15) is 5.75 Å². The Kier molecular flexibility index (Phi) is 3.59. The minimum atomic E-state index is -1.04. The average Bonchev–Trinajstić information content (AvgIpc) is 2.16. The third-order valence-electron chi connectivity index (χ3n) is 1.52. The predicted octanol–water partition coefficient (Wildman–Crippen LogP) is 2.62. The van der Waals surface area contributed by atoms with E-state index in [0.29, 0.717) is 5.56 Å². The van der Waals surface area contributed by atoms with Crippen LogP contribution < -0.4 is 4.74 Å². The number of carbonyl (C=O) groups excluding carboxylic acids is 1. The Morgan fingerprint density at radius 1 is 1.50 bits per heavy atom. The zero-order chi connectivity index (χ0) is 10.6. The van der Waals surface area contributed by atoms with Crippen molar-refractivity contribution in [2.24, 2.45) is 5.18 Å². The Balaban J connectivity index is 3.02. The summed E-state index contributed by atoms with van der Waals surface area (Å²) in [6, 6.07) is 6.49. The number of rotatable bonds is 3. The summed E-state index contributed by atoms with van der Waals surface area (Å²) in [5.74, 6) is -0.202. The lowest BCUT2D eigenvalue weighted by atomic mass is 10.2. The molecule has 0 heterocycles. The Labute approximate surface area is 85.8 Å². The van der Waals surface area contributed by atoms with Gasteiger partial charge in [0.05, 0.1) is 0 Å². The second-order valence-electron chi connectivity index (χ2n) is 2.57. The summed E-state index contributed by atoms with van der Waals surface area (Å²) in [5, 5.41) is 2.65. The van der Waals surface area contributed by atoms with Gasteiger partial charge in [0, 0.05) is 12.5 Å². The highest BCUT2D eigenvalue weighted by Crippen LogP contribution is 2.30. The molecule has 0 aliphatic rings. The smallest absolute Gasteiger partial charge is 0.308 e. The number of hydrogen-bond acceptors (Lipinski definition) is 4. The molecule has 0 saturated carbocycles. The zero-order valence-electron chi connectivity index (χ0n) is 7.44. The SMILES string of the molecule is CC(=O)Oc1ccccc1C(Cl)N=O. The van der Waals surface area contributed by atoms with Gasteiger partial charge < -0.3 is 4.74 Å². The molecule has 4 nitrogen and oxygen atoms in total. The lowest BCUT2D eigenvalue weighted by Crippen LogP contribution is -2.04. The third-order valence-corrected chi connectivity index (χ3v) is 1.84. The molecule has 1 atom stereocenters. The maximum atomic E-state index is 10.7. The maximum Gasteiger partial charge on any atom is 0.308 e. The van der Waals surface area contributed by atoms with Crippen LogP contribution in [-0.4, -0.2) is 5.97 Å². The molecule has 1 aromatic rings. The van der Waals surface area contributed by atoms with Crippen LogP contribution in [0, 0.1) is 4.91 Å². The normalized spacial score (nSPS) is 11.9. The lowest BCUT2D eigenvalue weighted by Gasteiger charge is -2.07. The first-order chi connectivity index (χ1) is 6.65. The molecule has 1 aromatic carbocycles. The van der Waals surface area contributed by atoms with Crippen LogP contribution in [0.4, 0.5) is 0 Å². The Bertz CT molecular complexity index is 354. The van der Waals surface area contributed by atoms with Crippen LogP contribution in [0.3, 0.4) is 0 Å². The molecule has 0 amide bonds. The van der Waals surface area contributed by atoms with Crippen molar-refractivity contribution < 1.29 is 9.53 Å². The molecule has 0 N–H and O–H groups in total. The first-order valence-electron chi connectivity index (χ1n) is 3.89. The van der Waals surface area contributed by atoms with Gasteiger partial charge in [-0.25, -0.2) is 0 Å². The molecular formula is C9H8ClNO3. The van der Waals surface area contributed by atoms with Gasteiger partial charge in [-0.3, -0.25) is 4.79 Å². The fourth-order valence-electron chi connectivity index (χ4n) is 0.982. The standard InChI is InChI=1S/C9H8ClNO3/c1-6(12)14-8-5-3-2-4-7(8)9(10)11-13/h2-5,9H,1H3. The van der Waals surface area contributed by atoms with Crippen molar-refractivity contribution in [3.8, 4) is 5.75 Å². The largest absolute Gasteiger partial charge is 0.426 e. The predicted molar refractivity (Wildman–Crippen MR) is 52.1 cm³/mol. The van der Waals surface area contributed by atoms with E-state index < -0.39 is 11.5 Å². The van der Waals surface area contributed by atoms with E-state index in [1.165, 1.54) is 6.92 Å². The van der Waals surface area contributed by atoms with Crippen molar-refractivity contribution in [1.29, 1.82) is 0 Å². The number of ether oxygens (including phenoxy) is 1. The molecule has 0 aliphatic heterocycles. The van der Waals surface area contributed by atoms with E-state index >= 15 is 0 Å². The molecule has 0 saturated heterocycles. The van der Waals surface area contributed by atoms with E-state index in [1.54, 1.807) is 24.3 Å². The van der Waals surface area contributed by atoms with Gasteiger partial charge in [-0.15, -0.1) is 4.91 Å². The van der Waals surface area contributed by atoms with Gasteiger partial charge in [0.2, 0.25) is 0 Å². The summed E-state index contributed by atoms with van der Waals surface area (Å²) in [4.78, 5) is 20.9. The summed E-state index contributed by atoms with van der Waals surface area (Å²) >= 11 is 5.61. The molecular weight excluding hydrogens is 206 g/mol. The van der Waals surface area contributed by atoms with Crippen LogP contribution in [0.2, 0.25) is 0 Å². The van der Waals surface area contributed by atoms with Crippen LogP contribution >= 0.6 is 11.6 Å². The van der Waals surface area contributed by atoms with E-state index in [9.17, 15) is 9.70 Å². The maximum absolute atomic E-state index is 10.7. The first-order valence-corrected chi connectivity index (χ1v) is 4.32. The molecule has 0 spiro atoms. The molecule has 0 aliphatic carbocycles. The van der Waals surface area contributed by atoms with Crippen molar-refractivity contribution in [3.05, 3.63) is 34.7 Å². The van der Waals surface area contributed by atoms with Gasteiger partial charge >= 0.3 is 5.97 Å². The topological polar surface area (TPSA) is 55.7 Å². The van der Waals surface area contributed by atoms with Crippen LogP contribution in [0.5, 0.6) is 5.75 Å². The van der Waals surface area contributed by atoms with E-state index in [1.807, 2.05) is 0 Å². The number of alkyl halides is 1. The van der Waals surface area contributed by atoms with Gasteiger partial charge in [-0.1, -0.05) is 29.8 Å². The second kappa shape index (κ2) is 4.72. The van der Waals surface area contributed by atoms with E-state index in [0.717, 1.165) is 0 Å². The summed E-state index contributed by atoms with van der Waals surface area (Å²) in [6.45, 7) is 1.27. The van der Waals surface area contributed by atoms with Crippen molar-refractivity contribution in [2.75, 3.05) is 0 Å². The molecule has 0 aromatic heterocycles. The van der Waals surface area contributed by atoms with E-state index in [2.05, 4.69) is 5.18 Å². The Morgan fingerprint density at radius 2 is 2.14 bits per heavy atom. The molecule has 5 heteroatoms. The van der Waals surface area contributed by atoms with Crippen LogP contribution in [0.15, 0.2) is 29.4 Å². The van der Waals surface area contributed by atoms with Gasteiger partial charge in [-0.2, -0.15) is 0 Å². The van der Waals surface area contributed by atoms with Crippen molar-refractivity contribution in [2.45, 2.75) is 12.4 Å². The number of para-hydroxylation sites is 1. The fraction of sp³-hybridized carbons (Fsp3) is 0.222. The molecule has 1 unspecified atom stereocenters. The zero-order valence-corrected chi connectivity index (χ0v) is 8.19. The van der Waals surface area contributed by atoms with E-state index in [4.69, 9.17) is 16.3 Å². The number of nitrogens with zero attached hydrogens (tertiary/aromatic N) is 1. The number of halogens is 1. The minimum Gasteiger partial charge on any atom is -0.426 e. The molecule has 0 bridgehead atoms. The first kappa shape index (κ1) is 10.7. The van der Waals surface area contributed by atoms with Gasteiger partial charge in [0.25, 0.3) is 0 Å². The van der Waals surface area contributed by atoms with Crippen molar-refractivity contribution >= 4 is 17.6 Å². The summed E-state index contributed by atoms with van der Waals surface area (Å²) in [7, 11) is 0. The quantitative estimate of drug-likeness (QED) is 0.255. The van der Waals surface area contributed by atoms with Crippen molar-refractivity contribution in [3.63, 3.8) is 0 Å². The minimum absolute atomic E-state index is 0.264. The van der Waals surface area contributed by atoms with Gasteiger partial charge in [-0.05, 0) is 11.2 Å². The van der Waals surface area contributed by atoms with Crippen LogP contribution in [0.25, 0.3) is 0 Å². The summed E-state index contributed by atoms with van der Waals surface area (Å²) in [6.07, 6.45) is 0. The number of esters is 1. The lowest BCUT2D eigenvalue weighted by molar-refractivity contribution is -0.131.